The van der Waals surface area contributed by atoms with Crippen molar-refractivity contribution in [1.29, 1.82) is 0 Å². The molecule has 3 aromatic rings. The van der Waals surface area contributed by atoms with Crippen LogP contribution in [0.4, 0.5) is 5.82 Å². The Hall–Kier alpha value is -2.43. The maximum absolute atomic E-state index is 5.58. The summed E-state index contributed by atoms with van der Waals surface area (Å²) in [5.41, 5.74) is 8.38. The van der Waals surface area contributed by atoms with Gasteiger partial charge in [0.2, 0.25) is 0 Å². The van der Waals surface area contributed by atoms with Crippen molar-refractivity contribution in [3.63, 3.8) is 0 Å². The van der Waals surface area contributed by atoms with E-state index in [-0.39, 0.29) is 0 Å². The highest BCUT2D eigenvalue weighted by Crippen LogP contribution is 2.12. The topological polar surface area (TPSA) is 80.5 Å². The van der Waals surface area contributed by atoms with Crippen LogP contribution in [0.5, 0.6) is 0 Å². The number of nitrogen functional groups attached to an aromatic ring is 1. The number of fused-ring (bicyclic) bond motifs is 1. The van der Waals surface area contributed by atoms with Gasteiger partial charge in [-0.15, -0.1) is 0 Å². The fraction of sp³-hybridized carbons (Fsp3) is 0.0833. The van der Waals surface area contributed by atoms with E-state index in [1.54, 1.807) is 6.20 Å². The first kappa shape index (κ1) is 9.77. The first-order chi connectivity index (χ1) is 8.31. The van der Waals surface area contributed by atoms with Crippen LogP contribution in [-0.4, -0.2) is 19.9 Å². The molecular weight excluding hydrogens is 214 g/mol. The van der Waals surface area contributed by atoms with Gasteiger partial charge in [-0.1, -0.05) is 12.1 Å². The summed E-state index contributed by atoms with van der Waals surface area (Å²) in [5, 5.41) is 0. The van der Waals surface area contributed by atoms with Gasteiger partial charge < -0.3 is 10.7 Å². The number of para-hydroxylation sites is 2. The molecule has 2 aromatic heterocycles. The van der Waals surface area contributed by atoms with Crippen molar-refractivity contribution in [2.75, 3.05) is 5.73 Å². The summed E-state index contributed by atoms with van der Waals surface area (Å²) in [4.78, 5) is 15.9. The van der Waals surface area contributed by atoms with Crippen molar-refractivity contribution in [1.82, 2.24) is 19.9 Å². The van der Waals surface area contributed by atoms with Gasteiger partial charge in [0, 0.05) is 12.6 Å². The van der Waals surface area contributed by atoms with Crippen LogP contribution in [0.25, 0.3) is 11.0 Å². The lowest BCUT2D eigenvalue weighted by molar-refractivity contribution is 0.968. The zero-order chi connectivity index (χ0) is 11.7. The summed E-state index contributed by atoms with van der Waals surface area (Å²) < 4.78 is 0. The Kier molecular flexibility index (Phi) is 2.22. The third kappa shape index (κ3) is 1.94. The molecule has 3 N–H and O–H groups in total. The molecule has 0 aliphatic rings. The number of anilines is 1. The van der Waals surface area contributed by atoms with Gasteiger partial charge in [0.05, 0.1) is 22.9 Å². The molecule has 0 radical (unpaired) electrons. The third-order valence-corrected chi connectivity index (χ3v) is 2.49. The molecule has 0 amide bonds. The molecule has 0 aliphatic heterocycles. The average Bonchev–Trinajstić information content (AvgIpc) is 2.71. The Morgan fingerprint density at radius 2 is 2.00 bits per heavy atom. The zero-order valence-electron chi connectivity index (χ0n) is 9.09. The molecule has 1 aromatic carbocycles. The Balaban J connectivity index is 1.94. The average molecular weight is 225 g/mol. The fourth-order valence-corrected chi connectivity index (χ4v) is 1.77. The van der Waals surface area contributed by atoms with Gasteiger partial charge in [0.15, 0.2) is 0 Å². The molecule has 0 atom stereocenters. The molecule has 2 heterocycles. The number of aromatic nitrogens is 4. The van der Waals surface area contributed by atoms with Gasteiger partial charge in [-0.2, -0.15) is 0 Å². The number of nitrogens with two attached hydrogens (primary N) is 1. The van der Waals surface area contributed by atoms with Crippen LogP contribution in [0, 0.1) is 0 Å². The molecule has 5 heteroatoms. The highest BCUT2D eigenvalue weighted by atomic mass is 14.9. The Labute approximate surface area is 97.7 Å². The highest BCUT2D eigenvalue weighted by molar-refractivity contribution is 5.74. The van der Waals surface area contributed by atoms with Crippen LogP contribution in [-0.2, 0) is 6.42 Å². The summed E-state index contributed by atoms with van der Waals surface area (Å²) in [7, 11) is 0. The molecule has 0 fully saturated rings. The summed E-state index contributed by atoms with van der Waals surface area (Å²) >= 11 is 0. The lowest BCUT2D eigenvalue weighted by Gasteiger charge is -1.97. The number of rotatable bonds is 2. The molecule has 17 heavy (non-hydrogen) atoms. The molecular formula is C12H11N5. The largest absolute Gasteiger partial charge is 0.382 e. The van der Waals surface area contributed by atoms with Gasteiger partial charge >= 0.3 is 0 Å². The number of aromatic amines is 1. The standard InChI is InChI=1S/C12H11N5/c13-11-7-14-6-8(15-11)5-12-16-9-3-1-2-4-10(9)17-12/h1-4,6-7H,5H2,(H2,13,15)(H,16,17). The fourth-order valence-electron chi connectivity index (χ4n) is 1.77. The number of nitrogens with zero attached hydrogens (tertiary/aromatic N) is 3. The van der Waals surface area contributed by atoms with Gasteiger partial charge in [0.1, 0.15) is 11.6 Å². The molecule has 0 saturated heterocycles. The van der Waals surface area contributed by atoms with E-state index in [2.05, 4.69) is 19.9 Å². The number of hydrogen-bond donors (Lipinski definition) is 2. The van der Waals surface area contributed by atoms with E-state index < -0.39 is 0 Å². The summed E-state index contributed by atoms with van der Waals surface area (Å²) in [6.45, 7) is 0. The second-order valence-electron chi connectivity index (χ2n) is 3.81. The van der Waals surface area contributed by atoms with Gasteiger partial charge in [-0.25, -0.2) is 9.97 Å². The molecule has 0 aliphatic carbocycles. The molecule has 3 rings (SSSR count). The zero-order valence-corrected chi connectivity index (χ0v) is 9.09. The predicted octanol–water partition coefficient (Wildman–Crippen LogP) is 1.53. The summed E-state index contributed by atoms with van der Waals surface area (Å²) in [6.07, 6.45) is 3.83. The van der Waals surface area contributed by atoms with E-state index in [1.807, 2.05) is 24.3 Å². The van der Waals surface area contributed by atoms with Gasteiger partial charge in [0.25, 0.3) is 0 Å². The minimum Gasteiger partial charge on any atom is -0.382 e. The molecule has 5 nitrogen and oxygen atoms in total. The Morgan fingerprint density at radius 3 is 2.82 bits per heavy atom. The number of benzene rings is 1. The molecule has 0 saturated carbocycles. The maximum atomic E-state index is 5.58. The van der Waals surface area contributed by atoms with E-state index in [4.69, 9.17) is 5.73 Å². The third-order valence-electron chi connectivity index (χ3n) is 2.49. The predicted molar refractivity (Wildman–Crippen MR) is 65.3 cm³/mol. The lowest BCUT2D eigenvalue weighted by atomic mass is 10.3. The molecule has 0 bridgehead atoms. The second kappa shape index (κ2) is 3.86. The van der Waals surface area contributed by atoms with Crippen LogP contribution in [0.15, 0.2) is 36.7 Å². The van der Waals surface area contributed by atoms with Gasteiger partial charge in [-0.3, -0.25) is 4.98 Å². The molecule has 0 unspecified atom stereocenters. The van der Waals surface area contributed by atoms with E-state index in [0.29, 0.717) is 12.2 Å². The van der Waals surface area contributed by atoms with Crippen molar-refractivity contribution in [2.45, 2.75) is 6.42 Å². The number of hydrogen-bond acceptors (Lipinski definition) is 4. The van der Waals surface area contributed by atoms with E-state index >= 15 is 0 Å². The number of H-pyrrole nitrogens is 1. The first-order valence-corrected chi connectivity index (χ1v) is 5.31. The van der Waals surface area contributed by atoms with E-state index in [1.165, 1.54) is 6.20 Å². The summed E-state index contributed by atoms with van der Waals surface area (Å²) in [5.74, 6) is 1.30. The van der Waals surface area contributed by atoms with Crippen LogP contribution in [0.1, 0.15) is 11.5 Å². The van der Waals surface area contributed by atoms with Crippen molar-refractivity contribution in [2.24, 2.45) is 0 Å². The highest BCUT2D eigenvalue weighted by Gasteiger charge is 2.04. The van der Waals surface area contributed by atoms with E-state index in [0.717, 1.165) is 22.6 Å². The minimum absolute atomic E-state index is 0.429. The summed E-state index contributed by atoms with van der Waals surface area (Å²) in [6, 6.07) is 7.91. The smallest absolute Gasteiger partial charge is 0.142 e. The minimum atomic E-state index is 0.429. The number of imidazole rings is 1. The monoisotopic (exact) mass is 225 g/mol. The molecule has 84 valence electrons. The van der Waals surface area contributed by atoms with Crippen molar-refractivity contribution in [3.05, 3.63) is 48.2 Å². The van der Waals surface area contributed by atoms with Crippen molar-refractivity contribution in [3.8, 4) is 0 Å². The van der Waals surface area contributed by atoms with Crippen LogP contribution in [0.2, 0.25) is 0 Å². The van der Waals surface area contributed by atoms with Crippen molar-refractivity contribution >= 4 is 16.9 Å². The van der Waals surface area contributed by atoms with Crippen LogP contribution >= 0.6 is 0 Å². The normalized spacial score (nSPS) is 10.8. The lowest BCUT2D eigenvalue weighted by Crippen LogP contribution is -1.99. The van der Waals surface area contributed by atoms with Crippen molar-refractivity contribution < 1.29 is 0 Å². The van der Waals surface area contributed by atoms with Crippen LogP contribution in [0.3, 0.4) is 0 Å². The van der Waals surface area contributed by atoms with Gasteiger partial charge in [-0.05, 0) is 12.1 Å². The second-order valence-corrected chi connectivity index (χ2v) is 3.81. The Bertz CT molecular complexity index is 626. The first-order valence-electron chi connectivity index (χ1n) is 5.31. The van der Waals surface area contributed by atoms with E-state index in [9.17, 15) is 0 Å². The quantitative estimate of drug-likeness (QED) is 0.693. The number of nitrogens with one attached hydrogen (secondary N) is 1. The molecule has 0 spiro atoms. The Morgan fingerprint density at radius 1 is 1.12 bits per heavy atom. The maximum Gasteiger partial charge on any atom is 0.142 e. The van der Waals surface area contributed by atoms with Crippen LogP contribution < -0.4 is 5.73 Å². The SMILES string of the molecule is Nc1cncc(Cc2nc3ccccc3[nH]2)n1.